The van der Waals surface area contributed by atoms with Crippen LogP contribution in [0, 0.1) is 46.5 Å². The largest absolute Gasteiger partial charge is 0.461 e. The number of benzene rings is 2. The first-order chi connectivity index (χ1) is 50.5. The van der Waals surface area contributed by atoms with Gasteiger partial charge in [0.1, 0.15) is 58.1 Å². The third-order valence-corrected chi connectivity index (χ3v) is 17.4. The molecule has 0 aliphatic carbocycles. The van der Waals surface area contributed by atoms with Gasteiger partial charge in [-0.3, -0.25) is 23.4 Å². The Morgan fingerprint density at radius 1 is 0.630 bits per heavy atom. The molecule has 590 valence electrons. The molecular weight excluding hydrogens is 1540 g/mol. The van der Waals surface area contributed by atoms with Gasteiger partial charge in [-0.1, -0.05) is 48.0 Å². The number of esters is 2. The Morgan fingerprint density at radius 2 is 1.07 bits per heavy atom. The molecule has 2 aliphatic rings. The molecule has 2 aliphatic heterocycles. The SMILES string of the molecule is CC(C)(C)OC(=O)NCCC1CNC1.CCOC(=O)c1[nH]ccc1C.CCOC(=O)c1c(C)ccn1N.Cc1ccn2nc[nH]c(=O)c12.Cc1ccn2ncnc(Cl)c12.Cc1ccn2ncnc(N3CC(CCNC(=O)OC(C)(C)C)C3)c12.Cl.NC=O.NOP(=O)(c1ccccc1)c1ccccc1.O=P(Cl)(Cl)Cl. The third kappa shape index (κ3) is 31.7. The first-order valence-electron chi connectivity index (χ1n) is 33.5. The number of halogens is 5. The molecule has 8 aromatic heterocycles. The van der Waals surface area contributed by atoms with Crippen molar-refractivity contribution < 1.29 is 56.7 Å². The van der Waals surface area contributed by atoms with Gasteiger partial charge < -0.3 is 61.3 Å². The number of nitrogens with one attached hydrogen (secondary N) is 5. The molecule has 38 heteroatoms. The standard InChI is InChI=1S/C17H25N5O2.C12H12NO2P.C10H20N2O2.C8H12N2O2.C8H11NO2.C7H6ClN3.C7H7N3O.CH3NO.Cl3OP.ClH/c1-12-6-8-22-14(12)15(19-11-20-22)21-9-13(10-21)5-7-18-16(23)24-17(2,3)4;13-15-16(14,11-7-3-1-4-8-11)12-9-5-2-6-10-12;1-10(2,3)14-9(13)12-5-4-8-6-11-7-8;1-3-12-8(11)7-6(2)4-5-10(7)9;1-3-11-8(10)7-6(2)4-5-9-7;1-5-2-3-11-6(5)7(8)9-4-10-11;1-5-2-3-10-6(5)7(11)8-4-9-10;2-1-3;1-5(2,3)4;/h6,8,11,13H,5,7,9-10H2,1-4H3,(H,18,23);1-10H,13H2;8,11H,4-7H2,1-3H3,(H,12,13);4-5H,3,9H2,1-2H3;4-5,9H,3H2,1-2H3;2-4H,1H3;2-4H,1H3,(H,8,9,11);1H,(H2,2,3);;1H. The van der Waals surface area contributed by atoms with Crippen molar-refractivity contribution in [1.29, 1.82) is 0 Å². The second kappa shape index (κ2) is 45.7. The van der Waals surface area contributed by atoms with Crippen LogP contribution in [0.5, 0.6) is 0 Å². The Bertz CT molecular complexity index is 4500. The number of nitrogens with zero attached hydrogens (tertiary/aromatic N) is 10. The van der Waals surface area contributed by atoms with Crippen LogP contribution < -0.4 is 54.5 Å². The number of anilines is 1. The molecule has 10 aromatic rings. The van der Waals surface area contributed by atoms with E-state index in [-0.39, 0.29) is 48.5 Å². The minimum absolute atomic E-state index is 0. The minimum Gasteiger partial charge on any atom is -0.461 e. The van der Waals surface area contributed by atoms with E-state index in [0.29, 0.717) is 64.9 Å². The molecular formula is C70H97Cl5N18O13P2. The Balaban J connectivity index is 0.000000326. The maximum absolute atomic E-state index is 12.6. The zero-order chi connectivity index (χ0) is 79.7. The molecule has 0 atom stereocenters. The summed E-state index contributed by atoms with van der Waals surface area (Å²) in [7, 11) is -3.13. The molecule has 0 bridgehead atoms. The number of amides is 3. The maximum Gasteiger partial charge on any atom is 0.407 e. The summed E-state index contributed by atoms with van der Waals surface area (Å²) in [4.78, 5) is 80.8. The molecule has 3 amide bonds. The summed E-state index contributed by atoms with van der Waals surface area (Å²) in [6.07, 6.45) is 14.9. The van der Waals surface area contributed by atoms with Crippen LogP contribution in [0.25, 0.3) is 16.6 Å². The first kappa shape index (κ1) is 93.2. The molecule has 11 N–H and O–H groups in total. The van der Waals surface area contributed by atoms with E-state index < -0.39 is 23.8 Å². The molecule has 0 saturated carbocycles. The molecule has 12 rings (SSSR count). The van der Waals surface area contributed by atoms with Gasteiger partial charge in [0.05, 0.1) is 13.2 Å². The molecule has 2 aromatic carbocycles. The molecule has 31 nitrogen and oxygen atoms in total. The van der Waals surface area contributed by atoms with Crippen LogP contribution in [0.3, 0.4) is 0 Å². The van der Waals surface area contributed by atoms with Crippen LogP contribution in [0.15, 0.2) is 146 Å². The van der Waals surface area contributed by atoms with E-state index >= 15 is 0 Å². The van der Waals surface area contributed by atoms with E-state index in [1.165, 1.54) is 22.9 Å². The van der Waals surface area contributed by atoms with Gasteiger partial charge >= 0.3 is 29.3 Å². The average Bonchev–Trinajstić information content (AvgIpc) is 1.49. The van der Waals surface area contributed by atoms with E-state index in [1.807, 2.05) is 141 Å². The summed E-state index contributed by atoms with van der Waals surface area (Å²) in [6.45, 7) is 30.5. The number of hydrogen-bond donors (Lipinski definition) is 8. The lowest BCUT2D eigenvalue weighted by Crippen LogP contribution is -2.48. The number of fused-ring (bicyclic) bond motifs is 3. The number of carbonyl (C=O) groups excluding carboxylic acids is 5. The van der Waals surface area contributed by atoms with Gasteiger partial charge in [-0.05, 0) is 244 Å². The van der Waals surface area contributed by atoms with Gasteiger partial charge in [-0.2, -0.15) is 15.3 Å². The lowest BCUT2D eigenvalue weighted by molar-refractivity contribution is -0.106. The van der Waals surface area contributed by atoms with Crippen molar-refractivity contribution >= 4 is 134 Å². The Morgan fingerprint density at radius 3 is 1.49 bits per heavy atom. The lowest BCUT2D eigenvalue weighted by Gasteiger charge is -2.40. The molecule has 108 heavy (non-hydrogen) atoms. The number of ether oxygens (including phenoxy) is 4. The first-order valence-corrected chi connectivity index (χ1v) is 39.9. The number of rotatable bonds is 14. The van der Waals surface area contributed by atoms with Crippen molar-refractivity contribution in [3.63, 3.8) is 0 Å². The van der Waals surface area contributed by atoms with E-state index in [9.17, 15) is 33.1 Å². The minimum atomic E-state index is -3.22. The summed E-state index contributed by atoms with van der Waals surface area (Å²) in [6, 6.07) is 27.4. The number of nitrogens with two attached hydrogens (primary N) is 3. The third-order valence-electron chi connectivity index (χ3n) is 14.8. The van der Waals surface area contributed by atoms with Gasteiger partial charge in [0.15, 0.2) is 11.0 Å². The van der Waals surface area contributed by atoms with Gasteiger partial charge in [-0.25, -0.2) is 53.2 Å². The number of hydrogen-bond acceptors (Lipinski definition) is 22. The van der Waals surface area contributed by atoms with Gasteiger partial charge in [0.25, 0.3) is 12.9 Å². The Kier molecular flexibility index (Phi) is 39.5. The summed E-state index contributed by atoms with van der Waals surface area (Å²) in [5.41, 5.74) is 11.7. The molecule has 0 radical (unpaired) electrons. The highest BCUT2D eigenvalue weighted by Gasteiger charge is 2.31. The van der Waals surface area contributed by atoms with E-state index in [0.717, 1.165) is 84.0 Å². The fourth-order valence-electron chi connectivity index (χ4n) is 9.77. The van der Waals surface area contributed by atoms with Crippen molar-refractivity contribution in [3.8, 4) is 0 Å². The molecule has 2 fully saturated rings. The number of nitrogen functional groups attached to an aromatic ring is 1. The lowest BCUT2D eigenvalue weighted by atomic mass is 9.96. The molecule has 0 spiro atoms. The zero-order valence-electron chi connectivity index (χ0n) is 62.4. The predicted molar refractivity (Wildman–Crippen MR) is 425 cm³/mol. The van der Waals surface area contributed by atoms with Gasteiger partial charge in [-0.15, -0.1) is 12.4 Å². The van der Waals surface area contributed by atoms with E-state index in [1.54, 1.807) is 78.1 Å². The highest BCUT2D eigenvalue weighted by atomic mass is 36.0. The zero-order valence-corrected chi connectivity index (χ0v) is 68.0. The highest BCUT2D eigenvalue weighted by Crippen LogP contribution is 2.61. The Hall–Kier alpha value is -9.00. The normalized spacial score (nSPS) is 12.3. The van der Waals surface area contributed by atoms with Crippen molar-refractivity contribution in [1.82, 2.24) is 69.4 Å². The van der Waals surface area contributed by atoms with E-state index in [4.69, 9.17) is 51.7 Å². The second-order valence-corrected chi connectivity index (χ2v) is 34.8. The van der Waals surface area contributed by atoms with Crippen LogP contribution in [-0.4, -0.2) is 148 Å². The predicted octanol–water partition coefficient (Wildman–Crippen LogP) is 11.9. The summed E-state index contributed by atoms with van der Waals surface area (Å²) in [5.74, 6) is 12.3. The number of alkyl carbamates (subject to hydrolysis) is 2. The summed E-state index contributed by atoms with van der Waals surface area (Å²) < 4.78 is 53.3. The van der Waals surface area contributed by atoms with Gasteiger partial charge in [0.2, 0.25) is 6.41 Å². The number of H-pyrrole nitrogens is 2. The van der Waals surface area contributed by atoms with Crippen LogP contribution in [0.1, 0.15) is 117 Å². The highest BCUT2D eigenvalue weighted by molar-refractivity contribution is 8.24. The second-order valence-electron chi connectivity index (χ2n) is 25.5. The molecule has 10 heterocycles. The van der Waals surface area contributed by atoms with Crippen molar-refractivity contribution in [2.45, 2.75) is 114 Å². The van der Waals surface area contributed by atoms with Crippen LogP contribution in [0.2, 0.25) is 5.15 Å². The summed E-state index contributed by atoms with van der Waals surface area (Å²) in [5, 5.41) is 19.4. The van der Waals surface area contributed by atoms with Crippen molar-refractivity contribution in [2.24, 2.45) is 23.5 Å². The summed E-state index contributed by atoms with van der Waals surface area (Å²) >= 11 is 19.7. The van der Waals surface area contributed by atoms with Crippen molar-refractivity contribution in [3.05, 3.63) is 196 Å². The number of aryl methyl sites for hydroxylation is 5. The van der Waals surface area contributed by atoms with Crippen LogP contribution in [0.4, 0.5) is 15.4 Å². The number of aromatic amines is 2. The molecule has 2 saturated heterocycles. The smallest absolute Gasteiger partial charge is 0.407 e. The van der Waals surface area contributed by atoms with Crippen LogP contribution >= 0.6 is 70.3 Å². The molecule has 0 unspecified atom stereocenters. The fraction of sp³-hybridized carbons (Fsp3) is 0.386. The van der Waals surface area contributed by atoms with Gasteiger partial charge in [0, 0.05) is 67.8 Å². The topological polar surface area (TPSA) is 414 Å². The fourth-order valence-corrected chi connectivity index (χ4v) is 11.7. The number of aromatic nitrogens is 11. The van der Waals surface area contributed by atoms with Crippen molar-refractivity contribution in [2.75, 3.05) is 63.2 Å². The Labute approximate surface area is 652 Å². The van der Waals surface area contributed by atoms with Crippen LogP contribution in [-0.2, 0) is 37.5 Å². The monoisotopic (exact) mass is 1630 g/mol. The average molecular weight is 1640 g/mol. The quantitative estimate of drug-likeness (QED) is 0.0125. The number of primary amides is 1. The van der Waals surface area contributed by atoms with E-state index in [2.05, 4.69) is 109 Å². The number of carbonyl (C=O) groups is 5. The maximum atomic E-state index is 12.6.